The molecule has 0 bridgehead atoms. The van der Waals surface area contributed by atoms with Gasteiger partial charge in [0.25, 0.3) is 5.91 Å². The molecule has 0 saturated carbocycles. The number of rotatable bonds is 2. The summed E-state index contributed by atoms with van der Waals surface area (Å²) in [6, 6.07) is 0.125. The second kappa shape index (κ2) is 3.34. The summed E-state index contributed by atoms with van der Waals surface area (Å²) < 4.78 is 0. The predicted octanol–water partition coefficient (Wildman–Crippen LogP) is -0.0467. The number of carbonyl (C=O) groups excluding carboxylic acids is 1. The van der Waals surface area contributed by atoms with E-state index in [4.69, 9.17) is 0 Å². The van der Waals surface area contributed by atoms with E-state index < -0.39 is 0 Å². The molecule has 1 heterocycles. The Balaban J connectivity index is 2.65. The number of carbonyl (C=O) groups is 1. The molecule has 0 aliphatic heterocycles. The molecule has 0 aromatic carbocycles. The molecule has 1 aromatic rings. The summed E-state index contributed by atoms with van der Waals surface area (Å²) in [4.78, 5) is 12.6. The molecule has 0 radical (unpaired) electrons. The minimum Gasteiger partial charge on any atom is -0.348 e. The minimum atomic E-state index is -0.182. The van der Waals surface area contributed by atoms with Crippen LogP contribution < -0.4 is 5.32 Å². The minimum absolute atomic E-state index is 0.125. The molecule has 0 unspecified atom stereocenters. The fourth-order valence-corrected chi connectivity index (χ4v) is 0.786. The van der Waals surface area contributed by atoms with Gasteiger partial charge < -0.3 is 5.32 Å². The molecule has 66 valence electrons. The van der Waals surface area contributed by atoms with E-state index in [0.29, 0.717) is 5.69 Å². The number of hydrogen-bond acceptors (Lipinski definition) is 3. The summed E-state index contributed by atoms with van der Waals surface area (Å²) in [5.74, 6) is -0.182. The van der Waals surface area contributed by atoms with Crippen molar-refractivity contribution in [2.24, 2.45) is 7.05 Å². The average Bonchev–Trinajstić information content (AvgIpc) is 2.34. The first-order valence-corrected chi connectivity index (χ1v) is 3.77. The van der Waals surface area contributed by atoms with Crippen molar-refractivity contribution in [1.29, 1.82) is 0 Å². The average molecular weight is 168 g/mol. The highest BCUT2D eigenvalue weighted by molar-refractivity contribution is 5.91. The van der Waals surface area contributed by atoms with Crippen LogP contribution in [0.4, 0.5) is 0 Å². The normalized spacial score (nSPS) is 10.3. The zero-order valence-corrected chi connectivity index (χ0v) is 7.40. The molecule has 5 nitrogen and oxygen atoms in total. The van der Waals surface area contributed by atoms with Gasteiger partial charge in [-0.05, 0) is 13.8 Å². The first-order valence-electron chi connectivity index (χ1n) is 3.77. The first kappa shape index (κ1) is 8.70. The van der Waals surface area contributed by atoms with Crippen molar-refractivity contribution in [2.75, 3.05) is 0 Å². The van der Waals surface area contributed by atoms with Crippen molar-refractivity contribution < 1.29 is 4.79 Å². The fourth-order valence-electron chi connectivity index (χ4n) is 0.786. The Morgan fingerprint density at radius 2 is 2.33 bits per heavy atom. The van der Waals surface area contributed by atoms with E-state index in [1.54, 1.807) is 7.05 Å². The number of aromatic nitrogens is 3. The molecule has 0 aliphatic carbocycles. The Bertz CT molecular complexity index is 279. The number of aryl methyl sites for hydroxylation is 1. The molecule has 0 fully saturated rings. The molecular formula is C7H12N4O. The maximum Gasteiger partial charge on any atom is 0.273 e. The molecule has 5 heteroatoms. The summed E-state index contributed by atoms with van der Waals surface area (Å²) in [7, 11) is 1.67. The van der Waals surface area contributed by atoms with Crippen molar-refractivity contribution in [1.82, 2.24) is 20.3 Å². The Kier molecular flexibility index (Phi) is 2.42. The van der Waals surface area contributed by atoms with Gasteiger partial charge in [-0.25, -0.2) is 0 Å². The second-order valence-corrected chi connectivity index (χ2v) is 2.85. The second-order valence-electron chi connectivity index (χ2n) is 2.85. The third-order valence-corrected chi connectivity index (χ3v) is 1.25. The Morgan fingerprint density at radius 3 is 2.75 bits per heavy atom. The lowest BCUT2D eigenvalue weighted by Crippen LogP contribution is -2.30. The van der Waals surface area contributed by atoms with Gasteiger partial charge in [0, 0.05) is 13.1 Å². The van der Waals surface area contributed by atoms with Crippen LogP contribution in [0.5, 0.6) is 0 Å². The summed E-state index contributed by atoms with van der Waals surface area (Å²) in [6.45, 7) is 3.79. The molecule has 0 spiro atoms. The van der Waals surface area contributed by atoms with Crippen molar-refractivity contribution in [3.05, 3.63) is 11.9 Å². The van der Waals surface area contributed by atoms with Crippen LogP contribution in [0.25, 0.3) is 0 Å². The molecule has 1 N–H and O–H groups in total. The van der Waals surface area contributed by atoms with Crippen LogP contribution >= 0.6 is 0 Å². The van der Waals surface area contributed by atoms with Crippen LogP contribution in [0.15, 0.2) is 6.20 Å². The Hall–Kier alpha value is -1.39. The van der Waals surface area contributed by atoms with E-state index in [2.05, 4.69) is 15.5 Å². The molecule has 1 rings (SSSR count). The van der Waals surface area contributed by atoms with Gasteiger partial charge in [-0.3, -0.25) is 4.79 Å². The summed E-state index contributed by atoms with van der Waals surface area (Å²) >= 11 is 0. The lowest BCUT2D eigenvalue weighted by molar-refractivity contribution is 0.0937. The van der Waals surface area contributed by atoms with Gasteiger partial charge in [-0.1, -0.05) is 0 Å². The van der Waals surface area contributed by atoms with Gasteiger partial charge in [0.05, 0.1) is 6.20 Å². The highest BCUT2D eigenvalue weighted by atomic mass is 16.2. The monoisotopic (exact) mass is 168 g/mol. The summed E-state index contributed by atoms with van der Waals surface area (Å²) in [5, 5.41) is 10.4. The highest BCUT2D eigenvalue weighted by Crippen LogP contribution is 1.91. The van der Waals surface area contributed by atoms with Crippen LogP contribution in [-0.4, -0.2) is 26.9 Å². The number of nitrogens with one attached hydrogen (secondary N) is 1. The molecule has 0 saturated heterocycles. The van der Waals surface area contributed by atoms with Gasteiger partial charge in [0.1, 0.15) is 0 Å². The van der Waals surface area contributed by atoms with Crippen molar-refractivity contribution >= 4 is 5.91 Å². The lowest BCUT2D eigenvalue weighted by Gasteiger charge is -2.04. The molecule has 1 amide bonds. The van der Waals surface area contributed by atoms with Gasteiger partial charge in [-0.2, -0.15) is 9.90 Å². The van der Waals surface area contributed by atoms with Gasteiger partial charge >= 0.3 is 0 Å². The van der Waals surface area contributed by atoms with E-state index >= 15 is 0 Å². The topological polar surface area (TPSA) is 59.8 Å². The third-order valence-electron chi connectivity index (χ3n) is 1.25. The number of nitrogens with zero attached hydrogens (tertiary/aromatic N) is 3. The van der Waals surface area contributed by atoms with E-state index in [9.17, 15) is 4.79 Å². The van der Waals surface area contributed by atoms with E-state index in [-0.39, 0.29) is 11.9 Å². The molecule has 0 atom stereocenters. The summed E-state index contributed by atoms with van der Waals surface area (Å²) in [6.07, 6.45) is 1.44. The third kappa shape index (κ3) is 2.05. The zero-order valence-electron chi connectivity index (χ0n) is 7.40. The predicted molar refractivity (Wildman–Crippen MR) is 43.6 cm³/mol. The number of hydrogen-bond donors (Lipinski definition) is 1. The molecular weight excluding hydrogens is 156 g/mol. The first-order chi connectivity index (χ1) is 5.59. The van der Waals surface area contributed by atoms with Crippen LogP contribution in [0.3, 0.4) is 0 Å². The van der Waals surface area contributed by atoms with Crippen LogP contribution in [0.1, 0.15) is 24.3 Å². The highest BCUT2D eigenvalue weighted by Gasteiger charge is 2.09. The van der Waals surface area contributed by atoms with Crippen molar-refractivity contribution in [3.63, 3.8) is 0 Å². The van der Waals surface area contributed by atoms with Gasteiger partial charge in [0.2, 0.25) is 0 Å². The summed E-state index contributed by atoms with van der Waals surface area (Å²) in [5.41, 5.74) is 0.353. The molecule has 1 aromatic heterocycles. The lowest BCUT2D eigenvalue weighted by atomic mass is 10.3. The van der Waals surface area contributed by atoms with Crippen molar-refractivity contribution in [3.8, 4) is 0 Å². The largest absolute Gasteiger partial charge is 0.348 e. The standard InChI is InChI=1S/C7H12N4O/c1-5(2)9-7(12)6-4-8-11(3)10-6/h4-5H,1-3H3,(H,9,12). The smallest absolute Gasteiger partial charge is 0.273 e. The van der Waals surface area contributed by atoms with E-state index in [0.717, 1.165) is 0 Å². The van der Waals surface area contributed by atoms with Gasteiger partial charge in [-0.15, -0.1) is 5.10 Å². The van der Waals surface area contributed by atoms with Crippen molar-refractivity contribution in [2.45, 2.75) is 19.9 Å². The zero-order chi connectivity index (χ0) is 9.14. The van der Waals surface area contributed by atoms with Crippen LogP contribution in [0.2, 0.25) is 0 Å². The SMILES string of the molecule is CC(C)NC(=O)c1cnn(C)n1. The van der Waals surface area contributed by atoms with E-state index in [1.165, 1.54) is 11.0 Å². The number of amides is 1. The van der Waals surface area contributed by atoms with Crippen LogP contribution in [-0.2, 0) is 7.05 Å². The Labute approximate surface area is 70.8 Å². The maximum absolute atomic E-state index is 11.2. The maximum atomic E-state index is 11.2. The quantitative estimate of drug-likeness (QED) is 0.673. The molecule has 12 heavy (non-hydrogen) atoms. The fraction of sp³-hybridized carbons (Fsp3) is 0.571. The van der Waals surface area contributed by atoms with E-state index in [1.807, 2.05) is 13.8 Å². The van der Waals surface area contributed by atoms with Gasteiger partial charge in [0.15, 0.2) is 5.69 Å². The molecule has 0 aliphatic rings. The Morgan fingerprint density at radius 1 is 1.67 bits per heavy atom. The van der Waals surface area contributed by atoms with Crippen LogP contribution in [0, 0.1) is 0 Å².